The van der Waals surface area contributed by atoms with Crippen LogP contribution in [0.15, 0.2) is 91.0 Å². The van der Waals surface area contributed by atoms with Crippen molar-refractivity contribution in [3.05, 3.63) is 91.0 Å². The van der Waals surface area contributed by atoms with Crippen LogP contribution in [0.3, 0.4) is 0 Å². The van der Waals surface area contributed by atoms with E-state index in [1.165, 1.54) is 6.92 Å². The van der Waals surface area contributed by atoms with Gasteiger partial charge in [-0.05, 0) is 29.7 Å². The van der Waals surface area contributed by atoms with Crippen LogP contribution in [0.2, 0.25) is 0 Å². The number of rotatable bonds is 10. The summed E-state index contributed by atoms with van der Waals surface area (Å²) in [6, 6.07) is 28.8. The second-order valence-electron chi connectivity index (χ2n) is 8.83. The van der Waals surface area contributed by atoms with Crippen LogP contribution in [-0.4, -0.2) is 55.5 Å². The van der Waals surface area contributed by atoms with Crippen molar-refractivity contribution in [2.45, 2.75) is 19.4 Å². The molecule has 0 aliphatic carbocycles. The molecule has 0 fully saturated rings. The highest BCUT2D eigenvalue weighted by Crippen LogP contribution is 2.49. The van der Waals surface area contributed by atoms with Gasteiger partial charge in [-0.15, -0.1) is 0 Å². The molecule has 3 aromatic rings. The van der Waals surface area contributed by atoms with E-state index in [-0.39, 0.29) is 11.9 Å². The molecule has 10 heteroatoms. The molecular weight excluding hydrogens is 543 g/mol. The second-order valence-corrected chi connectivity index (χ2v) is 12.2. The van der Waals surface area contributed by atoms with Crippen LogP contribution in [0, 0.1) is 17.2 Å². The van der Waals surface area contributed by atoms with E-state index >= 15 is 0 Å². The first-order chi connectivity index (χ1) is 19.7. The Morgan fingerprint density at radius 1 is 0.829 bits per heavy atom. The van der Waals surface area contributed by atoms with Gasteiger partial charge in [0.15, 0.2) is 0 Å². The molecule has 9 nitrogen and oxygen atoms in total. The Morgan fingerprint density at radius 2 is 1.27 bits per heavy atom. The van der Waals surface area contributed by atoms with E-state index in [0.717, 1.165) is 21.1 Å². The number of carbonyl (C=O) groups is 4. The summed E-state index contributed by atoms with van der Waals surface area (Å²) in [5.74, 6) is -6.06. The first kappa shape index (κ1) is 30.9. The number of carbonyl (C=O) groups excluding carboxylic acids is 4. The number of amides is 1. The molecule has 2 unspecified atom stereocenters. The molecule has 0 radical (unpaired) electrons. The molecule has 1 N–H and O–H groups in total. The van der Waals surface area contributed by atoms with Crippen molar-refractivity contribution in [2.24, 2.45) is 5.92 Å². The quantitative estimate of drug-likeness (QED) is 0.221. The number of nitrogens with one attached hydrogen (secondary N) is 1. The summed E-state index contributed by atoms with van der Waals surface area (Å²) in [5, 5.41) is 14.6. The lowest BCUT2D eigenvalue weighted by Gasteiger charge is -2.38. The van der Waals surface area contributed by atoms with Crippen LogP contribution in [0.1, 0.15) is 13.8 Å². The van der Waals surface area contributed by atoms with Crippen molar-refractivity contribution < 1.29 is 33.4 Å². The molecule has 0 spiro atoms. The zero-order valence-electron chi connectivity index (χ0n) is 23.2. The van der Waals surface area contributed by atoms with E-state index in [0.29, 0.717) is 15.9 Å². The summed E-state index contributed by atoms with van der Waals surface area (Å²) in [7, 11) is 2.21. The molecule has 0 aliphatic rings. The Kier molecular flexibility index (Phi) is 10.2. The van der Waals surface area contributed by atoms with Gasteiger partial charge < -0.3 is 19.5 Å². The summed E-state index contributed by atoms with van der Waals surface area (Å²) in [6.45, 7) is -1.00. The molecule has 0 aliphatic heterocycles. The standard InChI is InChI=1S/C31H31N2O7P/c1-5-40-30(37)31(21-32,33-22(2)34)26(28(35)38-3)27(29(36)39-4)41(23-15-9-6-10-16-23,24-17-11-7-12-18-24)25-19-13-8-14-20-25/h6-20,26H,5H2,1-4H3,(H,33,34). The van der Waals surface area contributed by atoms with Gasteiger partial charge in [-0.3, -0.25) is 9.59 Å². The molecule has 0 aromatic heterocycles. The average Bonchev–Trinajstić information content (AvgIpc) is 3.01. The van der Waals surface area contributed by atoms with Gasteiger partial charge in [0.05, 0.1) is 26.1 Å². The monoisotopic (exact) mass is 574 g/mol. The highest BCUT2D eigenvalue weighted by molar-refractivity contribution is 7.96. The summed E-state index contributed by atoms with van der Waals surface area (Å²) >= 11 is 0. The van der Waals surface area contributed by atoms with Crippen molar-refractivity contribution in [1.29, 1.82) is 5.26 Å². The first-order valence-corrected chi connectivity index (χ1v) is 14.5. The maximum absolute atomic E-state index is 14.2. The third-order valence-corrected chi connectivity index (χ3v) is 10.9. The van der Waals surface area contributed by atoms with Gasteiger partial charge in [0.2, 0.25) is 11.4 Å². The third kappa shape index (κ3) is 5.79. The molecule has 0 saturated heterocycles. The minimum Gasteiger partial charge on any atom is -0.468 e. The Bertz CT molecular complexity index is 1400. The van der Waals surface area contributed by atoms with E-state index in [1.54, 1.807) is 54.6 Å². The fourth-order valence-electron chi connectivity index (χ4n) is 4.89. The number of ether oxygens (including phenoxy) is 3. The Hall–Kier alpha value is -4.67. The van der Waals surface area contributed by atoms with Crippen LogP contribution < -0.4 is 21.2 Å². The predicted molar refractivity (Wildman–Crippen MR) is 156 cm³/mol. The molecule has 3 rings (SSSR count). The number of hydrogen-bond donors (Lipinski definition) is 1. The SMILES string of the molecule is CCOC(=O)C(C#N)(NC(C)=O)C(C(=O)OC)C(C(=O)OC)=P(c1ccccc1)(c1ccccc1)c1ccccc1. The van der Waals surface area contributed by atoms with Gasteiger partial charge in [0.25, 0.3) is 0 Å². The van der Waals surface area contributed by atoms with E-state index < -0.39 is 42.2 Å². The molecule has 0 saturated carbocycles. The van der Waals surface area contributed by atoms with Crippen LogP contribution in [-0.2, 0) is 33.4 Å². The summed E-state index contributed by atoms with van der Waals surface area (Å²) in [4.78, 5) is 54.2. The zero-order valence-corrected chi connectivity index (χ0v) is 24.1. The number of esters is 3. The number of benzene rings is 3. The third-order valence-electron chi connectivity index (χ3n) is 6.48. The summed E-state index contributed by atoms with van der Waals surface area (Å²) < 4.78 is 15.7. The van der Waals surface area contributed by atoms with E-state index in [2.05, 4.69) is 5.32 Å². The molecule has 2 atom stereocenters. The van der Waals surface area contributed by atoms with E-state index in [1.807, 2.05) is 42.5 Å². The normalized spacial score (nSPS) is 13.0. The Labute approximate surface area is 239 Å². The highest BCUT2D eigenvalue weighted by atomic mass is 31.2. The number of methoxy groups -OCH3 is 2. The fraction of sp³-hybridized carbons (Fsp3) is 0.226. The largest absolute Gasteiger partial charge is 0.468 e. The van der Waals surface area contributed by atoms with Crippen molar-refractivity contribution in [1.82, 2.24) is 5.32 Å². The van der Waals surface area contributed by atoms with E-state index in [4.69, 9.17) is 14.2 Å². The van der Waals surface area contributed by atoms with Crippen LogP contribution in [0.4, 0.5) is 0 Å². The predicted octanol–water partition coefficient (Wildman–Crippen LogP) is 2.08. The summed E-state index contributed by atoms with van der Waals surface area (Å²) in [5.41, 5.74) is -2.68. The number of nitrogens with zero attached hydrogens (tertiary/aromatic N) is 1. The molecule has 0 heterocycles. The lowest BCUT2D eigenvalue weighted by atomic mass is 9.82. The number of hydrogen-bond acceptors (Lipinski definition) is 8. The van der Waals surface area contributed by atoms with Gasteiger partial charge >= 0.3 is 17.9 Å². The van der Waals surface area contributed by atoms with Crippen molar-refractivity contribution in [3.63, 3.8) is 0 Å². The maximum atomic E-state index is 14.2. The highest BCUT2D eigenvalue weighted by Gasteiger charge is 2.58. The molecule has 1 amide bonds. The minimum absolute atomic E-state index is 0.167. The number of nitriles is 1. The van der Waals surface area contributed by atoms with Gasteiger partial charge in [0.1, 0.15) is 12.0 Å². The minimum atomic E-state index is -3.44. The van der Waals surface area contributed by atoms with Gasteiger partial charge in [0, 0.05) is 6.92 Å². The lowest BCUT2D eigenvalue weighted by molar-refractivity contribution is -0.158. The fourth-order valence-corrected chi connectivity index (χ4v) is 9.52. The average molecular weight is 575 g/mol. The summed E-state index contributed by atoms with van der Waals surface area (Å²) in [6.07, 6.45) is 0. The van der Waals surface area contributed by atoms with Gasteiger partial charge in [-0.2, -0.15) is 5.26 Å². The van der Waals surface area contributed by atoms with E-state index in [9.17, 15) is 24.4 Å². The van der Waals surface area contributed by atoms with Crippen molar-refractivity contribution in [3.8, 4) is 6.07 Å². The van der Waals surface area contributed by atoms with Crippen molar-refractivity contribution in [2.75, 3.05) is 20.8 Å². The molecular formula is C31H31N2O7P. The maximum Gasteiger partial charge on any atom is 0.348 e. The molecule has 41 heavy (non-hydrogen) atoms. The Morgan fingerprint density at radius 3 is 1.59 bits per heavy atom. The van der Waals surface area contributed by atoms with Crippen molar-refractivity contribution >= 4 is 51.9 Å². The van der Waals surface area contributed by atoms with Crippen LogP contribution >= 0.6 is 6.89 Å². The molecule has 3 aromatic carbocycles. The van der Waals surface area contributed by atoms with Crippen LogP contribution in [0.5, 0.6) is 0 Å². The first-order valence-electron chi connectivity index (χ1n) is 12.7. The smallest absolute Gasteiger partial charge is 0.348 e. The lowest BCUT2D eigenvalue weighted by Crippen LogP contribution is -2.64. The topological polar surface area (TPSA) is 132 Å². The Balaban J connectivity index is 2.81. The van der Waals surface area contributed by atoms with Gasteiger partial charge in [-0.25, -0.2) is 9.59 Å². The molecule has 212 valence electrons. The molecule has 0 bridgehead atoms. The second kappa shape index (κ2) is 13.6. The van der Waals surface area contributed by atoms with Gasteiger partial charge in [-0.1, -0.05) is 91.0 Å². The zero-order chi connectivity index (χ0) is 30.0. The van der Waals surface area contributed by atoms with Crippen LogP contribution in [0.25, 0.3) is 0 Å².